The van der Waals surface area contributed by atoms with E-state index in [0.29, 0.717) is 6.61 Å². The molecule has 0 radical (unpaired) electrons. The number of hydrogen-bond donors (Lipinski definition) is 0. The molecule has 0 aromatic heterocycles. The van der Waals surface area contributed by atoms with Crippen molar-refractivity contribution in [3.63, 3.8) is 0 Å². The molecule has 20 heavy (non-hydrogen) atoms. The van der Waals surface area contributed by atoms with Gasteiger partial charge in [-0.25, -0.2) is 4.39 Å². The third-order valence-corrected chi connectivity index (χ3v) is 5.31. The summed E-state index contributed by atoms with van der Waals surface area (Å²) in [5.74, 6) is -0.619. The largest absolute Gasteiger partial charge is 0.486 e. The van der Waals surface area contributed by atoms with Gasteiger partial charge in [0.05, 0.1) is 16.0 Å². The molecule has 4 nitrogen and oxygen atoms in total. The fraction of sp³-hybridized carbons (Fsp3) is 0.538. The molecule has 0 amide bonds. The minimum atomic E-state index is -0.581. The van der Waals surface area contributed by atoms with Crippen LogP contribution in [0.1, 0.15) is 26.7 Å². The van der Waals surface area contributed by atoms with E-state index in [1.807, 2.05) is 13.8 Å². The first-order chi connectivity index (χ1) is 9.39. The van der Waals surface area contributed by atoms with Gasteiger partial charge in [-0.2, -0.15) is 0 Å². The maximum atomic E-state index is 13.5. The van der Waals surface area contributed by atoms with Gasteiger partial charge < -0.3 is 4.74 Å². The van der Waals surface area contributed by atoms with Gasteiger partial charge in [0, 0.05) is 22.9 Å². The first-order valence-corrected chi connectivity index (χ1v) is 8.12. The van der Waals surface area contributed by atoms with Crippen molar-refractivity contribution in [2.24, 2.45) is 5.41 Å². The van der Waals surface area contributed by atoms with E-state index in [0.717, 1.165) is 30.3 Å². The fourth-order valence-corrected chi connectivity index (χ4v) is 2.98. The zero-order valence-corrected chi connectivity index (χ0v) is 14.5. The van der Waals surface area contributed by atoms with Crippen molar-refractivity contribution in [2.75, 3.05) is 11.9 Å². The molecule has 0 N–H and O–H groups in total. The highest BCUT2D eigenvalue weighted by molar-refractivity contribution is 9.10. The first-order valence-electron chi connectivity index (χ1n) is 6.21. The van der Waals surface area contributed by atoms with Gasteiger partial charge in [-0.15, -0.1) is 0 Å². The van der Waals surface area contributed by atoms with E-state index in [-0.39, 0.29) is 21.3 Å². The predicted octanol–water partition coefficient (Wildman–Crippen LogP) is 5.08. The second-order valence-electron chi connectivity index (χ2n) is 4.62. The van der Waals surface area contributed by atoms with E-state index in [9.17, 15) is 14.5 Å². The zero-order valence-electron chi connectivity index (χ0n) is 11.3. The molecule has 0 saturated heterocycles. The highest BCUT2D eigenvalue weighted by atomic mass is 79.9. The Morgan fingerprint density at radius 2 is 2.00 bits per heavy atom. The molecule has 112 valence electrons. The van der Waals surface area contributed by atoms with Gasteiger partial charge in [0.25, 0.3) is 0 Å². The molecule has 0 bridgehead atoms. The van der Waals surface area contributed by atoms with Crippen LogP contribution in [-0.2, 0) is 0 Å². The number of halogens is 3. The number of alkyl halides is 1. The van der Waals surface area contributed by atoms with Gasteiger partial charge in [0.15, 0.2) is 5.75 Å². The summed E-state index contributed by atoms with van der Waals surface area (Å²) in [5.41, 5.74) is -0.355. The summed E-state index contributed by atoms with van der Waals surface area (Å²) in [4.78, 5) is 10.4. The second kappa shape index (κ2) is 7.36. The number of rotatable bonds is 7. The third-order valence-electron chi connectivity index (χ3n) is 3.52. The van der Waals surface area contributed by atoms with E-state index in [2.05, 4.69) is 31.9 Å². The third kappa shape index (κ3) is 3.91. The summed E-state index contributed by atoms with van der Waals surface area (Å²) in [7, 11) is 0. The predicted molar refractivity (Wildman–Crippen MR) is 83.1 cm³/mol. The van der Waals surface area contributed by atoms with Crippen LogP contribution < -0.4 is 4.74 Å². The summed E-state index contributed by atoms with van der Waals surface area (Å²) in [6, 6.07) is 2.17. The molecule has 0 spiro atoms. The van der Waals surface area contributed by atoms with Crippen LogP contribution in [0.5, 0.6) is 5.75 Å². The number of nitro benzene ring substituents is 1. The summed E-state index contributed by atoms with van der Waals surface area (Å²) in [6.45, 7) is 4.36. The molecular formula is C13H16Br2FNO3. The molecule has 0 saturated carbocycles. The van der Waals surface area contributed by atoms with Crippen LogP contribution in [0.15, 0.2) is 16.6 Å². The number of nitrogens with zero attached hydrogens (tertiary/aromatic N) is 1. The Bertz CT molecular complexity index is 484. The van der Waals surface area contributed by atoms with Crippen molar-refractivity contribution in [1.82, 2.24) is 0 Å². The van der Waals surface area contributed by atoms with Gasteiger partial charge in [-0.05, 0) is 28.8 Å². The van der Waals surface area contributed by atoms with Crippen molar-refractivity contribution in [3.05, 3.63) is 32.5 Å². The Morgan fingerprint density at radius 3 is 2.45 bits per heavy atom. The Morgan fingerprint density at radius 1 is 1.40 bits per heavy atom. The summed E-state index contributed by atoms with van der Waals surface area (Å²) < 4.78 is 19.1. The highest BCUT2D eigenvalue weighted by Gasteiger charge is 2.28. The minimum Gasteiger partial charge on any atom is -0.486 e. The van der Waals surface area contributed by atoms with Crippen LogP contribution in [0, 0.1) is 21.3 Å². The van der Waals surface area contributed by atoms with Crippen LogP contribution in [0.4, 0.5) is 10.1 Å². The van der Waals surface area contributed by atoms with Crippen LogP contribution in [0.25, 0.3) is 0 Å². The molecule has 1 rings (SSSR count). The van der Waals surface area contributed by atoms with E-state index >= 15 is 0 Å². The van der Waals surface area contributed by atoms with Gasteiger partial charge in [0.1, 0.15) is 5.82 Å². The van der Waals surface area contributed by atoms with E-state index < -0.39 is 10.7 Å². The van der Waals surface area contributed by atoms with E-state index in [4.69, 9.17) is 4.74 Å². The molecular weight excluding hydrogens is 397 g/mol. The van der Waals surface area contributed by atoms with Gasteiger partial charge in [0.2, 0.25) is 0 Å². The normalized spacial score (nSPS) is 11.4. The lowest BCUT2D eigenvalue weighted by atomic mass is 9.86. The molecule has 1 aromatic rings. The molecule has 0 fully saturated rings. The Kier molecular flexibility index (Phi) is 6.39. The molecule has 0 aliphatic carbocycles. The van der Waals surface area contributed by atoms with Crippen LogP contribution >= 0.6 is 31.9 Å². The molecule has 0 atom stereocenters. The van der Waals surface area contributed by atoms with Crippen molar-refractivity contribution < 1.29 is 14.1 Å². The van der Waals surface area contributed by atoms with Crippen LogP contribution in [0.3, 0.4) is 0 Å². The van der Waals surface area contributed by atoms with Gasteiger partial charge in [-0.3, -0.25) is 10.1 Å². The standard InChI is InChI=1S/C13H16Br2FNO3/c1-3-13(4-2,7-14)8-20-12-6-10(16)9(15)5-11(12)17(18)19/h5-6H,3-4,7-8H2,1-2H3. The second-order valence-corrected chi connectivity index (χ2v) is 6.04. The average molecular weight is 413 g/mol. The van der Waals surface area contributed by atoms with Crippen molar-refractivity contribution in [2.45, 2.75) is 26.7 Å². The number of benzene rings is 1. The highest BCUT2D eigenvalue weighted by Crippen LogP contribution is 2.35. The molecule has 0 heterocycles. The van der Waals surface area contributed by atoms with Gasteiger partial charge >= 0.3 is 5.69 Å². The van der Waals surface area contributed by atoms with Crippen molar-refractivity contribution >= 4 is 37.5 Å². The van der Waals surface area contributed by atoms with E-state index in [1.54, 1.807) is 0 Å². The summed E-state index contributed by atoms with van der Waals surface area (Å²) in [6.07, 6.45) is 1.73. The maximum absolute atomic E-state index is 13.5. The SMILES string of the molecule is CCC(CC)(CBr)COc1cc(F)c(Br)cc1[N+](=O)[O-]. The van der Waals surface area contributed by atoms with Gasteiger partial charge in [-0.1, -0.05) is 29.8 Å². The molecule has 1 aromatic carbocycles. The molecule has 0 unspecified atom stereocenters. The monoisotopic (exact) mass is 411 g/mol. The number of hydrogen-bond acceptors (Lipinski definition) is 3. The lowest BCUT2D eigenvalue weighted by molar-refractivity contribution is -0.386. The lowest BCUT2D eigenvalue weighted by Crippen LogP contribution is -2.29. The smallest absolute Gasteiger partial charge is 0.312 e. The maximum Gasteiger partial charge on any atom is 0.312 e. The summed E-state index contributed by atoms with van der Waals surface area (Å²) in [5, 5.41) is 11.7. The number of ether oxygens (including phenoxy) is 1. The molecule has 0 aliphatic heterocycles. The van der Waals surface area contributed by atoms with Crippen LogP contribution in [0.2, 0.25) is 0 Å². The summed E-state index contributed by atoms with van der Waals surface area (Å²) >= 11 is 6.38. The minimum absolute atomic E-state index is 0.0390. The average Bonchev–Trinajstić information content (AvgIpc) is 2.44. The van der Waals surface area contributed by atoms with E-state index in [1.165, 1.54) is 0 Å². The Labute approximate surface area is 134 Å². The topological polar surface area (TPSA) is 52.4 Å². The lowest BCUT2D eigenvalue weighted by Gasteiger charge is -2.29. The first kappa shape index (κ1) is 17.4. The molecule has 7 heteroatoms. The van der Waals surface area contributed by atoms with Crippen LogP contribution in [-0.4, -0.2) is 16.9 Å². The zero-order chi connectivity index (χ0) is 15.3. The number of nitro groups is 1. The molecule has 0 aliphatic rings. The van der Waals surface area contributed by atoms with Crippen molar-refractivity contribution in [3.8, 4) is 5.75 Å². The fourth-order valence-electron chi connectivity index (χ4n) is 1.69. The van der Waals surface area contributed by atoms with Crippen molar-refractivity contribution in [1.29, 1.82) is 0 Å². The Balaban J connectivity index is 3.03. The Hall–Kier alpha value is -0.690. The quantitative estimate of drug-likeness (QED) is 0.356.